The van der Waals surface area contributed by atoms with E-state index < -0.39 is 17.1 Å². The lowest BCUT2D eigenvalue weighted by Gasteiger charge is -2.12. The number of ether oxygens (including phenoxy) is 1. The van der Waals surface area contributed by atoms with Crippen molar-refractivity contribution in [3.05, 3.63) is 80.4 Å². The van der Waals surface area contributed by atoms with E-state index in [0.29, 0.717) is 21.5 Å². The summed E-state index contributed by atoms with van der Waals surface area (Å²) in [4.78, 5) is 39.1. The molecule has 4 rings (SSSR count). The van der Waals surface area contributed by atoms with Gasteiger partial charge in [-0.15, -0.1) is 0 Å². The number of hydrogen-bond donors (Lipinski definition) is 1. The molecule has 0 bridgehead atoms. The second-order valence-corrected chi connectivity index (χ2v) is 9.61. The van der Waals surface area contributed by atoms with Gasteiger partial charge in [-0.25, -0.2) is 0 Å². The maximum Gasteiger partial charge on any atom is 0.294 e. The van der Waals surface area contributed by atoms with E-state index >= 15 is 0 Å². The Labute approximate surface area is 216 Å². The molecule has 2 aromatic carbocycles. The van der Waals surface area contributed by atoms with Gasteiger partial charge in [0.05, 0.1) is 22.1 Å². The summed E-state index contributed by atoms with van der Waals surface area (Å²) in [6, 6.07) is 14.0. The van der Waals surface area contributed by atoms with Crippen LogP contribution in [0.25, 0.3) is 11.8 Å². The highest BCUT2D eigenvalue weighted by atomic mass is 35.5. The lowest BCUT2D eigenvalue weighted by atomic mass is 10.2. The zero-order valence-corrected chi connectivity index (χ0v) is 21.4. The minimum Gasteiger partial charge on any atom is -0.497 e. The number of nitrogens with one attached hydrogen (secondary N) is 1. The Balaban J connectivity index is 1.51. The number of aryl methyl sites for hydroxylation is 1. The first-order valence-electron chi connectivity index (χ1n) is 10.5. The average molecular weight is 530 g/mol. The van der Waals surface area contributed by atoms with Gasteiger partial charge in [-0.3, -0.25) is 19.3 Å². The number of hydrogen-bond acceptors (Lipinski definition) is 5. The number of benzene rings is 2. The molecule has 1 aliphatic rings. The van der Waals surface area contributed by atoms with Gasteiger partial charge in [0.25, 0.3) is 11.1 Å². The van der Waals surface area contributed by atoms with E-state index in [1.807, 2.05) is 30.5 Å². The molecule has 0 unspecified atom stereocenters. The summed E-state index contributed by atoms with van der Waals surface area (Å²) in [5.41, 5.74) is 3.93. The summed E-state index contributed by atoms with van der Waals surface area (Å²) in [6.07, 6.45) is 1.67. The predicted octanol–water partition coefficient (Wildman–Crippen LogP) is 6.08. The monoisotopic (exact) mass is 529 g/mol. The minimum atomic E-state index is -0.510. The van der Waals surface area contributed by atoms with Crippen LogP contribution < -0.4 is 10.1 Å². The standard InChI is InChI=1S/C25H21Cl2N3O4S/c1-14-10-16(15(2)30(14)18-6-9-20(26)21(27)12-18)11-22-24(32)29(25(33)35-22)13-23(31)28-17-4-7-19(34-3)8-5-17/h4-12H,13H2,1-3H3,(H,28,31)/b22-11-. The molecule has 1 aliphatic heterocycles. The summed E-state index contributed by atoms with van der Waals surface area (Å²) >= 11 is 13.0. The Morgan fingerprint density at radius 1 is 1.06 bits per heavy atom. The molecule has 0 aliphatic carbocycles. The smallest absolute Gasteiger partial charge is 0.294 e. The Morgan fingerprint density at radius 2 is 1.77 bits per heavy atom. The second kappa shape index (κ2) is 10.2. The Hall–Kier alpha value is -3.20. The van der Waals surface area contributed by atoms with Crippen molar-refractivity contribution < 1.29 is 19.1 Å². The molecule has 10 heteroatoms. The molecular weight excluding hydrogens is 509 g/mol. The highest BCUT2D eigenvalue weighted by molar-refractivity contribution is 8.18. The molecule has 1 saturated heterocycles. The van der Waals surface area contributed by atoms with E-state index in [-0.39, 0.29) is 11.4 Å². The van der Waals surface area contributed by atoms with E-state index in [4.69, 9.17) is 27.9 Å². The molecule has 3 amide bonds. The summed E-state index contributed by atoms with van der Waals surface area (Å²) in [6.45, 7) is 3.46. The van der Waals surface area contributed by atoms with Crippen LogP contribution in [0.5, 0.6) is 5.75 Å². The maximum atomic E-state index is 12.9. The molecule has 0 atom stereocenters. The summed E-state index contributed by atoms with van der Waals surface area (Å²) in [5, 5.41) is 3.08. The van der Waals surface area contributed by atoms with Crippen LogP contribution in [0.4, 0.5) is 10.5 Å². The van der Waals surface area contributed by atoms with Crippen LogP contribution in [-0.4, -0.2) is 40.2 Å². The van der Waals surface area contributed by atoms with Crippen molar-refractivity contribution in [1.82, 2.24) is 9.47 Å². The normalized spacial score (nSPS) is 14.7. The largest absolute Gasteiger partial charge is 0.497 e. The zero-order valence-electron chi connectivity index (χ0n) is 19.1. The van der Waals surface area contributed by atoms with Gasteiger partial charge in [-0.05, 0) is 85.8 Å². The van der Waals surface area contributed by atoms with Gasteiger partial charge in [0, 0.05) is 22.8 Å². The van der Waals surface area contributed by atoms with Crippen LogP contribution in [0.15, 0.2) is 53.4 Å². The van der Waals surface area contributed by atoms with Crippen molar-refractivity contribution in [3.8, 4) is 11.4 Å². The zero-order chi connectivity index (χ0) is 25.3. The van der Waals surface area contributed by atoms with Gasteiger partial charge < -0.3 is 14.6 Å². The Kier molecular flexibility index (Phi) is 7.25. The number of nitrogens with zero attached hydrogens (tertiary/aromatic N) is 2. The summed E-state index contributed by atoms with van der Waals surface area (Å²) < 4.78 is 7.08. The first kappa shape index (κ1) is 24.9. The number of thioether (sulfide) groups is 1. The number of halogens is 2. The number of imide groups is 1. The molecule has 0 spiro atoms. The first-order valence-corrected chi connectivity index (χ1v) is 12.1. The van der Waals surface area contributed by atoms with Crippen molar-refractivity contribution >= 4 is 63.8 Å². The highest BCUT2D eigenvalue weighted by Crippen LogP contribution is 2.34. The predicted molar refractivity (Wildman–Crippen MR) is 140 cm³/mol. The van der Waals surface area contributed by atoms with Gasteiger partial charge in [0.1, 0.15) is 12.3 Å². The van der Waals surface area contributed by atoms with Crippen molar-refractivity contribution in [2.75, 3.05) is 19.0 Å². The van der Waals surface area contributed by atoms with Crippen molar-refractivity contribution in [1.29, 1.82) is 0 Å². The fourth-order valence-electron chi connectivity index (χ4n) is 3.75. The molecule has 1 aromatic heterocycles. The number of methoxy groups -OCH3 is 1. The lowest BCUT2D eigenvalue weighted by molar-refractivity contribution is -0.127. The number of aromatic nitrogens is 1. The number of carbonyl (C=O) groups is 3. The maximum absolute atomic E-state index is 12.9. The summed E-state index contributed by atoms with van der Waals surface area (Å²) in [7, 11) is 1.55. The second-order valence-electron chi connectivity index (χ2n) is 7.80. The first-order chi connectivity index (χ1) is 16.7. The van der Waals surface area contributed by atoms with E-state index in [2.05, 4.69) is 5.32 Å². The fourth-order valence-corrected chi connectivity index (χ4v) is 4.87. The van der Waals surface area contributed by atoms with Crippen LogP contribution in [-0.2, 0) is 9.59 Å². The molecule has 3 aromatic rings. The molecule has 2 heterocycles. The minimum absolute atomic E-state index is 0.252. The van der Waals surface area contributed by atoms with Crippen LogP contribution in [0.2, 0.25) is 10.0 Å². The van der Waals surface area contributed by atoms with Crippen LogP contribution in [0.1, 0.15) is 17.0 Å². The van der Waals surface area contributed by atoms with E-state index in [1.54, 1.807) is 49.6 Å². The highest BCUT2D eigenvalue weighted by Gasteiger charge is 2.36. The van der Waals surface area contributed by atoms with E-state index in [0.717, 1.165) is 39.3 Å². The molecule has 35 heavy (non-hydrogen) atoms. The van der Waals surface area contributed by atoms with Gasteiger partial charge in [-0.2, -0.15) is 0 Å². The molecule has 180 valence electrons. The summed E-state index contributed by atoms with van der Waals surface area (Å²) in [5.74, 6) is -0.335. The number of rotatable bonds is 6. The van der Waals surface area contributed by atoms with Crippen LogP contribution >= 0.6 is 35.0 Å². The molecule has 1 N–H and O–H groups in total. The van der Waals surface area contributed by atoms with Crippen LogP contribution in [0.3, 0.4) is 0 Å². The van der Waals surface area contributed by atoms with Crippen molar-refractivity contribution in [3.63, 3.8) is 0 Å². The van der Waals surface area contributed by atoms with E-state index in [1.165, 1.54) is 0 Å². The molecular formula is C25H21Cl2N3O4S. The van der Waals surface area contributed by atoms with E-state index in [9.17, 15) is 14.4 Å². The third-order valence-electron chi connectivity index (χ3n) is 5.47. The van der Waals surface area contributed by atoms with Gasteiger partial charge >= 0.3 is 0 Å². The van der Waals surface area contributed by atoms with Gasteiger partial charge in [-0.1, -0.05) is 23.2 Å². The van der Waals surface area contributed by atoms with Gasteiger partial charge in [0.2, 0.25) is 5.91 Å². The third-order valence-corrected chi connectivity index (χ3v) is 7.11. The Bertz CT molecular complexity index is 1370. The quantitative estimate of drug-likeness (QED) is 0.391. The van der Waals surface area contributed by atoms with Gasteiger partial charge in [0.15, 0.2) is 0 Å². The van der Waals surface area contributed by atoms with Crippen LogP contribution in [0, 0.1) is 13.8 Å². The number of amides is 3. The lowest BCUT2D eigenvalue weighted by Crippen LogP contribution is -2.36. The molecule has 0 saturated carbocycles. The van der Waals surface area contributed by atoms with Crippen molar-refractivity contribution in [2.45, 2.75) is 13.8 Å². The number of anilines is 1. The molecule has 0 radical (unpaired) electrons. The SMILES string of the molecule is COc1ccc(NC(=O)CN2C(=O)S/C(=C\c3cc(C)n(-c4ccc(Cl)c(Cl)c4)c3C)C2=O)cc1. The Morgan fingerprint density at radius 3 is 2.43 bits per heavy atom. The average Bonchev–Trinajstić information content (AvgIpc) is 3.25. The molecule has 7 nitrogen and oxygen atoms in total. The third kappa shape index (κ3) is 5.24. The fraction of sp³-hybridized carbons (Fsp3) is 0.160. The topological polar surface area (TPSA) is 80.6 Å². The number of carbonyl (C=O) groups excluding carboxylic acids is 3. The molecule has 1 fully saturated rings. The van der Waals surface area contributed by atoms with Crippen molar-refractivity contribution in [2.24, 2.45) is 0 Å².